The van der Waals surface area contributed by atoms with Gasteiger partial charge in [-0.3, -0.25) is 4.79 Å². The second kappa shape index (κ2) is 7.48. The van der Waals surface area contributed by atoms with E-state index >= 15 is 0 Å². The molecule has 1 aliphatic heterocycles. The maximum Gasteiger partial charge on any atom is 0.232 e. The highest BCUT2D eigenvalue weighted by Gasteiger charge is 2.25. The molecule has 0 bridgehead atoms. The van der Waals surface area contributed by atoms with Gasteiger partial charge < -0.3 is 10.0 Å². The minimum absolute atomic E-state index is 0.206. The van der Waals surface area contributed by atoms with Crippen LogP contribution in [0, 0.1) is 12.8 Å². The number of likely N-dealkylation sites (tertiary alicyclic amines) is 1. The number of halogens is 1. The minimum atomic E-state index is 0.206. The van der Waals surface area contributed by atoms with Crippen LogP contribution in [0.5, 0.6) is 0 Å². The zero-order valence-corrected chi connectivity index (χ0v) is 14.0. The maximum absolute atomic E-state index is 12.2. The molecule has 0 radical (unpaired) electrons. The molecule has 0 spiro atoms. The summed E-state index contributed by atoms with van der Waals surface area (Å²) in [5, 5.41) is 8.95. The van der Waals surface area contributed by atoms with E-state index < -0.39 is 0 Å². The lowest BCUT2D eigenvalue weighted by atomic mass is 10.1. The zero-order chi connectivity index (χ0) is 14.5. The van der Waals surface area contributed by atoms with Crippen molar-refractivity contribution < 1.29 is 9.90 Å². The molecule has 1 N–H and O–H groups in total. The van der Waals surface area contributed by atoms with Crippen LogP contribution in [0.1, 0.15) is 18.4 Å². The number of hydrogen-bond donors (Lipinski definition) is 1. The van der Waals surface area contributed by atoms with Gasteiger partial charge in [0.15, 0.2) is 0 Å². The van der Waals surface area contributed by atoms with E-state index in [4.69, 9.17) is 5.11 Å². The topological polar surface area (TPSA) is 40.5 Å². The highest BCUT2D eigenvalue weighted by Crippen LogP contribution is 2.26. The number of amides is 1. The predicted molar refractivity (Wildman–Crippen MR) is 86.0 cm³/mol. The highest BCUT2D eigenvalue weighted by atomic mass is 79.9. The lowest BCUT2D eigenvalue weighted by Crippen LogP contribution is -2.30. The first kappa shape index (κ1) is 15.9. The molecule has 5 heteroatoms. The summed E-state index contributed by atoms with van der Waals surface area (Å²) in [5.74, 6) is 1.18. The van der Waals surface area contributed by atoms with Crippen molar-refractivity contribution in [2.24, 2.45) is 5.92 Å². The van der Waals surface area contributed by atoms with E-state index in [0.717, 1.165) is 35.3 Å². The molecule has 1 amide bonds. The van der Waals surface area contributed by atoms with Crippen molar-refractivity contribution in [3.05, 3.63) is 28.2 Å². The Labute approximate surface area is 132 Å². The van der Waals surface area contributed by atoms with Gasteiger partial charge in [-0.2, -0.15) is 0 Å². The van der Waals surface area contributed by atoms with Crippen LogP contribution < -0.4 is 0 Å². The first-order valence-electron chi connectivity index (χ1n) is 6.87. The standard InChI is InChI=1S/C15H20BrNO2S/c1-11-8-13(16)2-3-14(11)20-10-15(19)17-6-4-12(9-17)5-7-18/h2-3,8,12,18H,4-7,9-10H2,1H3. The number of carbonyl (C=O) groups is 1. The SMILES string of the molecule is Cc1cc(Br)ccc1SCC(=O)N1CCC(CCO)C1. The molecule has 110 valence electrons. The molecule has 1 unspecified atom stereocenters. The van der Waals surface area contributed by atoms with Crippen LogP contribution in [0.4, 0.5) is 0 Å². The van der Waals surface area contributed by atoms with Crippen LogP contribution >= 0.6 is 27.7 Å². The number of benzene rings is 1. The molecule has 0 aliphatic carbocycles. The molecule has 1 aliphatic rings. The Kier molecular flexibility index (Phi) is 5.93. The Morgan fingerprint density at radius 3 is 3.05 bits per heavy atom. The molecule has 1 heterocycles. The molecule has 1 saturated heterocycles. The van der Waals surface area contributed by atoms with E-state index in [-0.39, 0.29) is 12.5 Å². The van der Waals surface area contributed by atoms with E-state index in [1.807, 2.05) is 11.0 Å². The summed E-state index contributed by atoms with van der Waals surface area (Å²) in [6, 6.07) is 6.13. The maximum atomic E-state index is 12.2. The van der Waals surface area contributed by atoms with Crippen LogP contribution in [0.2, 0.25) is 0 Å². The quantitative estimate of drug-likeness (QED) is 0.823. The lowest BCUT2D eigenvalue weighted by molar-refractivity contribution is -0.127. The van der Waals surface area contributed by atoms with Gasteiger partial charge in [-0.05, 0) is 49.4 Å². The fourth-order valence-corrected chi connectivity index (χ4v) is 3.87. The zero-order valence-electron chi connectivity index (χ0n) is 11.6. The third kappa shape index (κ3) is 4.24. The molecule has 0 saturated carbocycles. The fourth-order valence-electron chi connectivity index (χ4n) is 2.48. The summed E-state index contributed by atoms with van der Waals surface area (Å²) in [4.78, 5) is 15.3. The summed E-state index contributed by atoms with van der Waals surface area (Å²) >= 11 is 5.05. The number of rotatable bonds is 5. The van der Waals surface area contributed by atoms with Gasteiger partial charge in [-0.25, -0.2) is 0 Å². The van der Waals surface area contributed by atoms with Gasteiger partial charge in [-0.15, -0.1) is 11.8 Å². The van der Waals surface area contributed by atoms with Crippen LogP contribution in [-0.2, 0) is 4.79 Å². The third-order valence-corrected chi connectivity index (χ3v) is 5.32. The van der Waals surface area contributed by atoms with Crippen LogP contribution in [0.25, 0.3) is 0 Å². The van der Waals surface area contributed by atoms with E-state index in [2.05, 4.69) is 35.0 Å². The molecule has 3 nitrogen and oxygen atoms in total. The van der Waals surface area contributed by atoms with Gasteiger partial charge in [-0.1, -0.05) is 15.9 Å². The summed E-state index contributed by atoms with van der Waals surface area (Å²) < 4.78 is 1.07. The van der Waals surface area contributed by atoms with Crippen LogP contribution in [-0.4, -0.2) is 41.4 Å². The van der Waals surface area contributed by atoms with Crippen molar-refractivity contribution in [3.63, 3.8) is 0 Å². The smallest absolute Gasteiger partial charge is 0.232 e. The average molecular weight is 358 g/mol. The molecule has 1 fully saturated rings. The number of thioether (sulfide) groups is 1. The fraction of sp³-hybridized carbons (Fsp3) is 0.533. The minimum Gasteiger partial charge on any atom is -0.396 e. The summed E-state index contributed by atoms with van der Waals surface area (Å²) in [6.07, 6.45) is 1.83. The van der Waals surface area contributed by atoms with E-state index in [9.17, 15) is 4.79 Å². The van der Waals surface area contributed by atoms with Crippen molar-refractivity contribution in [2.75, 3.05) is 25.4 Å². The molecule has 1 atom stereocenters. The molecular weight excluding hydrogens is 338 g/mol. The Morgan fingerprint density at radius 1 is 1.55 bits per heavy atom. The molecule has 2 rings (SSSR count). The van der Waals surface area contributed by atoms with Crippen molar-refractivity contribution in [3.8, 4) is 0 Å². The van der Waals surface area contributed by atoms with E-state index in [0.29, 0.717) is 11.7 Å². The first-order chi connectivity index (χ1) is 9.60. The molecule has 0 aromatic heterocycles. The second-order valence-corrected chi connectivity index (χ2v) is 7.14. The van der Waals surface area contributed by atoms with Crippen molar-refractivity contribution in [2.45, 2.75) is 24.7 Å². The Balaban J connectivity index is 1.83. The predicted octanol–water partition coefficient (Wildman–Crippen LogP) is 3.08. The normalized spacial score (nSPS) is 18.6. The van der Waals surface area contributed by atoms with E-state index in [1.165, 1.54) is 5.56 Å². The number of aliphatic hydroxyl groups is 1. The summed E-state index contributed by atoms with van der Waals surface area (Å²) in [6.45, 7) is 3.92. The van der Waals surface area contributed by atoms with Crippen molar-refractivity contribution >= 4 is 33.6 Å². The van der Waals surface area contributed by atoms with Crippen LogP contribution in [0.3, 0.4) is 0 Å². The average Bonchev–Trinajstić information content (AvgIpc) is 2.86. The molecule has 20 heavy (non-hydrogen) atoms. The summed E-state index contributed by atoms with van der Waals surface area (Å²) in [5.41, 5.74) is 1.19. The second-order valence-electron chi connectivity index (χ2n) is 5.21. The number of nitrogens with zero attached hydrogens (tertiary/aromatic N) is 1. The number of carbonyl (C=O) groups excluding carboxylic acids is 1. The summed E-state index contributed by atoms with van der Waals surface area (Å²) in [7, 11) is 0. The molecule has 1 aromatic rings. The Hall–Kier alpha value is -0.520. The molecule has 1 aromatic carbocycles. The Morgan fingerprint density at radius 2 is 2.35 bits per heavy atom. The molecular formula is C15H20BrNO2S. The van der Waals surface area contributed by atoms with Gasteiger partial charge in [0.2, 0.25) is 5.91 Å². The highest BCUT2D eigenvalue weighted by molar-refractivity contribution is 9.10. The van der Waals surface area contributed by atoms with Gasteiger partial charge >= 0.3 is 0 Å². The number of aliphatic hydroxyl groups excluding tert-OH is 1. The van der Waals surface area contributed by atoms with Gasteiger partial charge in [0.25, 0.3) is 0 Å². The first-order valence-corrected chi connectivity index (χ1v) is 8.65. The van der Waals surface area contributed by atoms with Gasteiger partial charge in [0.1, 0.15) is 0 Å². The van der Waals surface area contributed by atoms with Crippen LogP contribution in [0.15, 0.2) is 27.6 Å². The van der Waals surface area contributed by atoms with Crippen molar-refractivity contribution in [1.82, 2.24) is 4.90 Å². The number of aryl methyl sites for hydroxylation is 1. The monoisotopic (exact) mass is 357 g/mol. The van der Waals surface area contributed by atoms with Crippen molar-refractivity contribution in [1.29, 1.82) is 0 Å². The third-order valence-electron chi connectivity index (χ3n) is 3.66. The van der Waals surface area contributed by atoms with E-state index in [1.54, 1.807) is 11.8 Å². The van der Waals surface area contributed by atoms with Gasteiger partial charge in [0, 0.05) is 29.1 Å². The largest absolute Gasteiger partial charge is 0.396 e. The Bertz CT molecular complexity index is 481. The lowest BCUT2D eigenvalue weighted by Gasteiger charge is -2.16. The number of hydrogen-bond acceptors (Lipinski definition) is 3. The van der Waals surface area contributed by atoms with Gasteiger partial charge in [0.05, 0.1) is 5.75 Å².